The molecule has 11 aliphatic rings. The maximum Gasteiger partial charge on any atom is 0.0726 e. The first kappa shape index (κ1) is 42.0. The molecular weight excluding hydrogens is 879 g/mol. The summed E-state index contributed by atoms with van der Waals surface area (Å²) in [6, 6.07) is 70.0. The van der Waals surface area contributed by atoms with Crippen molar-refractivity contribution in [2.45, 2.75) is 101 Å². The number of hydrogen-bond donors (Lipinski definition) is 0. The third kappa shape index (κ3) is 5.75. The minimum atomic E-state index is -0.442. The van der Waals surface area contributed by atoms with Crippen LogP contribution in [0.2, 0.25) is 0 Å². The summed E-state index contributed by atoms with van der Waals surface area (Å²) in [6.07, 6.45) is 14.5. The van der Waals surface area contributed by atoms with Crippen molar-refractivity contribution in [3.63, 3.8) is 0 Å². The number of hydrogen-bond acceptors (Lipinski definition) is 1. The highest BCUT2D eigenvalue weighted by molar-refractivity contribution is 5.98. The molecule has 0 aromatic heterocycles. The smallest absolute Gasteiger partial charge is 0.0726 e. The third-order valence-electron chi connectivity index (χ3n) is 21.8. The van der Waals surface area contributed by atoms with Gasteiger partial charge in [0, 0.05) is 22.4 Å². The van der Waals surface area contributed by atoms with E-state index in [1.165, 1.54) is 159 Å². The molecule has 0 N–H and O–H groups in total. The van der Waals surface area contributed by atoms with E-state index in [-0.39, 0.29) is 5.41 Å². The van der Waals surface area contributed by atoms with E-state index in [2.05, 4.69) is 195 Å². The number of benzene rings is 8. The van der Waals surface area contributed by atoms with Crippen LogP contribution in [-0.2, 0) is 10.8 Å². The molecule has 0 amide bonds. The fourth-order valence-corrected chi connectivity index (χ4v) is 19.5. The van der Waals surface area contributed by atoms with Crippen molar-refractivity contribution in [2.75, 3.05) is 4.90 Å². The summed E-state index contributed by atoms with van der Waals surface area (Å²) < 4.78 is 0. The molecule has 19 rings (SSSR count). The average molecular weight is 944 g/mol. The first-order valence-electron chi connectivity index (χ1n) is 28.6. The summed E-state index contributed by atoms with van der Waals surface area (Å²) in [5, 5.41) is 0. The Morgan fingerprint density at radius 3 is 1.27 bits per heavy atom. The molecule has 1 heteroatoms. The predicted octanol–water partition coefficient (Wildman–Crippen LogP) is 18.6. The van der Waals surface area contributed by atoms with Crippen LogP contribution in [0.3, 0.4) is 0 Å². The number of rotatable bonds is 6. The Morgan fingerprint density at radius 1 is 0.329 bits per heavy atom. The van der Waals surface area contributed by atoms with Gasteiger partial charge in [-0.3, -0.25) is 0 Å². The maximum absolute atomic E-state index is 2.81. The number of para-hydroxylation sites is 1. The van der Waals surface area contributed by atoms with Crippen molar-refractivity contribution >= 4 is 17.1 Å². The summed E-state index contributed by atoms with van der Waals surface area (Å²) in [5.74, 6) is 8.50. The summed E-state index contributed by atoms with van der Waals surface area (Å²) >= 11 is 0. The van der Waals surface area contributed by atoms with Gasteiger partial charge in [-0.2, -0.15) is 0 Å². The number of fused-ring (bicyclic) bond motifs is 13. The van der Waals surface area contributed by atoms with E-state index >= 15 is 0 Å². The Hall–Kier alpha value is -6.44. The van der Waals surface area contributed by atoms with Gasteiger partial charge < -0.3 is 4.90 Å². The zero-order chi connectivity index (χ0) is 47.9. The second kappa shape index (κ2) is 15.1. The van der Waals surface area contributed by atoms with Gasteiger partial charge in [-0.25, -0.2) is 0 Å². The largest absolute Gasteiger partial charge is 0.310 e. The van der Waals surface area contributed by atoms with Crippen LogP contribution in [-0.4, -0.2) is 0 Å². The van der Waals surface area contributed by atoms with E-state index in [1.807, 2.05) is 0 Å². The molecule has 0 heterocycles. The monoisotopic (exact) mass is 944 g/mol. The van der Waals surface area contributed by atoms with Crippen molar-refractivity contribution in [3.8, 4) is 44.5 Å². The summed E-state index contributed by atoms with van der Waals surface area (Å²) in [5.41, 5.74) is 26.0. The van der Waals surface area contributed by atoms with Gasteiger partial charge in [-0.05, 0) is 237 Å². The highest BCUT2D eigenvalue weighted by atomic mass is 15.1. The van der Waals surface area contributed by atoms with Gasteiger partial charge in [0.15, 0.2) is 0 Å². The van der Waals surface area contributed by atoms with Crippen LogP contribution >= 0.6 is 0 Å². The lowest BCUT2D eigenvalue weighted by Crippen LogP contribution is -2.43. The molecular formula is C72H65N. The Morgan fingerprint density at radius 2 is 0.726 bits per heavy atom. The van der Waals surface area contributed by atoms with Gasteiger partial charge in [-0.15, -0.1) is 0 Å². The second-order valence-electron chi connectivity index (χ2n) is 25.7. The first-order chi connectivity index (χ1) is 35.9. The lowest BCUT2D eigenvalue weighted by atomic mass is 9.50. The summed E-state index contributed by atoms with van der Waals surface area (Å²) in [7, 11) is 0. The van der Waals surface area contributed by atoms with Crippen LogP contribution in [0, 0.1) is 47.3 Å². The van der Waals surface area contributed by atoms with E-state index in [1.54, 1.807) is 11.1 Å². The minimum Gasteiger partial charge on any atom is -0.310 e. The lowest BCUT2D eigenvalue weighted by molar-refractivity contribution is -0.00283. The molecule has 8 fully saturated rings. The molecule has 11 aliphatic carbocycles. The molecule has 0 radical (unpaired) electrons. The zero-order valence-corrected chi connectivity index (χ0v) is 42.5. The van der Waals surface area contributed by atoms with Gasteiger partial charge in [0.05, 0.1) is 11.1 Å². The molecule has 0 atom stereocenters. The molecule has 0 aliphatic heterocycles. The van der Waals surface area contributed by atoms with Gasteiger partial charge in [0.25, 0.3) is 0 Å². The van der Waals surface area contributed by atoms with E-state index < -0.39 is 5.41 Å². The number of anilines is 3. The second-order valence-corrected chi connectivity index (χ2v) is 25.7. The van der Waals surface area contributed by atoms with E-state index in [0.29, 0.717) is 11.8 Å². The highest BCUT2D eigenvalue weighted by Gasteiger charge is 2.55. The molecule has 1 spiro atoms. The van der Waals surface area contributed by atoms with Crippen molar-refractivity contribution in [3.05, 3.63) is 220 Å². The van der Waals surface area contributed by atoms with Gasteiger partial charge in [0.1, 0.15) is 0 Å². The molecule has 8 aromatic carbocycles. The topological polar surface area (TPSA) is 3.24 Å². The van der Waals surface area contributed by atoms with Crippen molar-refractivity contribution in [2.24, 2.45) is 47.3 Å². The summed E-state index contributed by atoms with van der Waals surface area (Å²) in [4.78, 5) is 2.62. The zero-order valence-electron chi connectivity index (χ0n) is 42.5. The Kier molecular flexibility index (Phi) is 8.68. The molecule has 0 saturated heterocycles. The van der Waals surface area contributed by atoms with E-state index in [9.17, 15) is 0 Å². The van der Waals surface area contributed by atoms with Crippen molar-refractivity contribution < 1.29 is 0 Å². The molecule has 8 aromatic rings. The Labute approximate surface area is 432 Å². The van der Waals surface area contributed by atoms with E-state index in [4.69, 9.17) is 0 Å². The molecule has 73 heavy (non-hydrogen) atoms. The molecule has 8 bridgehead atoms. The molecule has 8 saturated carbocycles. The van der Waals surface area contributed by atoms with Gasteiger partial charge >= 0.3 is 0 Å². The fourth-order valence-electron chi connectivity index (χ4n) is 19.5. The normalized spacial score (nSPS) is 30.2. The average Bonchev–Trinajstić information content (AvgIpc) is 3.96. The molecule has 1 nitrogen and oxygen atoms in total. The van der Waals surface area contributed by atoms with Crippen LogP contribution < -0.4 is 4.90 Å². The maximum atomic E-state index is 2.81. The fraction of sp³-hybridized carbons (Fsp3) is 0.333. The Bertz CT molecular complexity index is 3460. The summed E-state index contributed by atoms with van der Waals surface area (Å²) in [6.45, 7) is 4.84. The van der Waals surface area contributed by atoms with Crippen LogP contribution in [0.1, 0.15) is 134 Å². The van der Waals surface area contributed by atoms with Crippen molar-refractivity contribution in [1.29, 1.82) is 0 Å². The highest BCUT2D eigenvalue weighted by Crippen LogP contribution is 2.67. The van der Waals surface area contributed by atoms with Crippen LogP contribution in [0.25, 0.3) is 44.5 Å². The third-order valence-corrected chi connectivity index (χ3v) is 21.8. The van der Waals surface area contributed by atoms with E-state index in [0.717, 1.165) is 47.3 Å². The minimum absolute atomic E-state index is 0.128. The lowest BCUT2D eigenvalue weighted by Gasteiger charge is -2.54. The van der Waals surface area contributed by atoms with Crippen molar-refractivity contribution in [1.82, 2.24) is 0 Å². The standard InChI is InChI=1S/C72H65N/c1-71(2)62-17-9-6-15-56(62)58-26-22-53(40-64(58)71)73(68-19-11-8-14-55(68)46-12-4-3-5-13-46)54-23-27-61-57-16-7-10-18-63(57)72(67(61)41-54)65-38-47(69-49-30-42-28-43(32-49)33-50(69)31-42)20-24-59(65)60-25-21-48(39-66(60)72)70-51-34-44-29-45(36-51)37-52(70)35-44/h3-27,38-45,49-52,69-70H,28-37H2,1-2H3. The van der Waals surface area contributed by atoms with Gasteiger partial charge in [-0.1, -0.05) is 159 Å². The quantitative estimate of drug-likeness (QED) is 0.161. The van der Waals surface area contributed by atoms with Crippen LogP contribution in [0.4, 0.5) is 17.1 Å². The Balaban J connectivity index is 0.910. The first-order valence-corrected chi connectivity index (χ1v) is 28.6. The van der Waals surface area contributed by atoms with Crippen LogP contribution in [0.15, 0.2) is 176 Å². The SMILES string of the molecule is CC1(C)c2ccccc2-c2ccc(N(c3ccc4c(c3)C3(c5ccccc5-4)c4cc(C5C6CC7CC(C6)CC5C7)ccc4-c4ccc(C5C6CC7CC(C6)CC5C7)cc43)c3ccccc3-c3ccccc3)cc21. The molecule has 0 unspecified atom stereocenters. The van der Waals surface area contributed by atoms with Crippen LogP contribution in [0.5, 0.6) is 0 Å². The predicted molar refractivity (Wildman–Crippen MR) is 300 cm³/mol. The molecule has 358 valence electrons. The van der Waals surface area contributed by atoms with Gasteiger partial charge in [0.2, 0.25) is 0 Å². The number of nitrogens with zero attached hydrogens (tertiary/aromatic N) is 1.